The number of thioether (sulfide) groups is 1. The molecule has 0 N–H and O–H groups in total. The molecule has 24 heavy (non-hydrogen) atoms. The number of hydrogen-bond acceptors (Lipinski definition) is 4. The molecule has 0 saturated carbocycles. The van der Waals surface area contributed by atoms with Gasteiger partial charge >= 0.3 is 0 Å². The fourth-order valence-corrected chi connectivity index (χ4v) is 4.84. The van der Waals surface area contributed by atoms with E-state index in [1.807, 2.05) is 0 Å². The van der Waals surface area contributed by atoms with E-state index in [-0.39, 0.29) is 30.3 Å². The molecule has 0 aliphatic carbocycles. The number of fused-ring (bicyclic) bond motifs is 2. The fourth-order valence-electron chi connectivity index (χ4n) is 3.49. The lowest BCUT2D eigenvalue weighted by atomic mass is 10.0. The Bertz CT molecular complexity index is 728. The Hall–Kier alpha value is -1.73. The summed E-state index contributed by atoms with van der Waals surface area (Å²) in [5, 5.41) is 0.500. The lowest BCUT2D eigenvalue weighted by molar-refractivity contribution is -0.161. The van der Waals surface area contributed by atoms with Crippen LogP contribution in [-0.2, 0) is 9.59 Å². The van der Waals surface area contributed by atoms with Gasteiger partial charge in [-0.05, 0) is 18.2 Å². The monoisotopic (exact) mass is 365 g/mol. The Labute approximate surface area is 148 Å². The minimum absolute atomic E-state index is 0.0134. The summed E-state index contributed by atoms with van der Waals surface area (Å²) in [6, 6.07) is 5.88. The normalized spacial score (nSPS) is 26.5. The molecule has 0 unspecified atom stereocenters. The molecule has 1 aromatic carbocycles. The van der Waals surface area contributed by atoms with Crippen molar-refractivity contribution in [3.8, 4) is 0 Å². The van der Waals surface area contributed by atoms with E-state index < -0.39 is 6.04 Å². The average Bonchev–Trinajstić information content (AvgIpc) is 3.09. The number of hydrogen-bond donors (Lipinski definition) is 0. The van der Waals surface area contributed by atoms with Crippen LogP contribution >= 0.6 is 23.4 Å². The summed E-state index contributed by atoms with van der Waals surface area (Å²) in [6.45, 7) is 1.07. The van der Waals surface area contributed by atoms with Crippen molar-refractivity contribution < 1.29 is 14.4 Å². The van der Waals surface area contributed by atoms with Gasteiger partial charge in [-0.2, -0.15) is 0 Å². The molecule has 126 valence electrons. The third-order valence-electron chi connectivity index (χ3n) is 4.76. The summed E-state index contributed by atoms with van der Waals surface area (Å²) < 4.78 is 0. The average molecular weight is 366 g/mol. The zero-order valence-corrected chi connectivity index (χ0v) is 14.4. The van der Waals surface area contributed by atoms with E-state index in [1.165, 1.54) is 0 Å². The first kappa shape index (κ1) is 15.8. The molecule has 3 aliphatic rings. The second kappa shape index (κ2) is 5.97. The van der Waals surface area contributed by atoms with Gasteiger partial charge in [0.1, 0.15) is 12.1 Å². The number of carbonyl (C=O) groups is 3. The Morgan fingerprint density at radius 2 is 1.92 bits per heavy atom. The second-order valence-corrected chi connectivity index (χ2v) is 7.57. The van der Waals surface area contributed by atoms with Crippen LogP contribution in [0, 0.1) is 0 Å². The van der Waals surface area contributed by atoms with Crippen LogP contribution in [0.3, 0.4) is 0 Å². The zero-order valence-electron chi connectivity index (χ0n) is 12.9. The van der Waals surface area contributed by atoms with Crippen LogP contribution in [0.15, 0.2) is 24.3 Å². The quantitative estimate of drug-likeness (QED) is 0.742. The Balaban J connectivity index is 1.55. The molecular formula is C16H16ClN3O3S. The summed E-state index contributed by atoms with van der Waals surface area (Å²) >= 11 is 7.56. The van der Waals surface area contributed by atoms with Crippen molar-refractivity contribution in [2.24, 2.45) is 0 Å². The highest BCUT2D eigenvalue weighted by atomic mass is 35.5. The van der Waals surface area contributed by atoms with Crippen molar-refractivity contribution in [1.29, 1.82) is 0 Å². The molecule has 3 saturated heterocycles. The third-order valence-corrected chi connectivity index (χ3v) is 6.01. The van der Waals surface area contributed by atoms with Crippen LogP contribution < -0.4 is 0 Å². The third kappa shape index (κ3) is 2.46. The van der Waals surface area contributed by atoms with Crippen LogP contribution in [-0.4, -0.2) is 75.8 Å². The van der Waals surface area contributed by atoms with E-state index >= 15 is 0 Å². The first-order chi connectivity index (χ1) is 11.6. The number of amides is 3. The highest BCUT2D eigenvalue weighted by Crippen LogP contribution is 2.30. The molecule has 3 heterocycles. The molecular weight excluding hydrogens is 350 g/mol. The van der Waals surface area contributed by atoms with E-state index in [9.17, 15) is 14.4 Å². The van der Waals surface area contributed by atoms with Gasteiger partial charge < -0.3 is 14.7 Å². The van der Waals surface area contributed by atoms with E-state index in [2.05, 4.69) is 0 Å². The van der Waals surface area contributed by atoms with Crippen molar-refractivity contribution in [3.05, 3.63) is 34.9 Å². The maximum Gasteiger partial charge on any atom is 0.254 e. The summed E-state index contributed by atoms with van der Waals surface area (Å²) in [4.78, 5) is 42.9. The fraction of sp³-hybridized carbons (Fsp3) is 0.438. The van der Waals surface area contributed by atoms with Crippen molar-refractivity contribution in [3.63, 3.8) is 0 Å². The van der Waals surface area contributed by atoms with E-state index in [0.29, 0.717) is 35.3 Å². The van der Waals surface area contributed by atoms with E-state index in [1.54, 1.807) is 50.7 Å². The van der Waals surface area contributed by atoms with Crippen molar-refractivity contribution in [2.45, 2.75) is 12.1 Å². The minimum Gasteiger partial charge on any atom is -0.334 e. The van der Waals surface area contributed by atoms with Crippen molar-refractivity contribution >= 4 is 41.1 Å². The molecule has 2 atom stereocenters. The Morgan fingerprint density at radius 1 is 1.12 bits per heavy atom. The van der Waals surface area contributed by atoms with Gasteiger partial charge in [-0.15, -0.1) is 11.8 Å². The van der Waals surface area contributed by atoms with E-state index in [4.69, 9.17) is 11.6 Å². The lowest BCUT2D eigenvalue weighted by Gasteiger charge is -2.47. The molecule has 4 rings (SSSR count). The van der Waals surface area contributed by atoms with Gasteiger partial charge in [0.2, 0.25) is 11.8 Å². The molecule has 0 radical (unpaired) electrons. The number of carbonyl (C=O) groups excluding carboxylic acids is 3. The Morgan fingerprint density at radius 3 is 2.71 bits per heavy atom. The van der Waals surface area contributed by atoms with Gasteiger partial charge in [0, 0.05) is 29.4 Å². The summed E-state index contributed by atoms with van der Waals surface area (Å²) in [7, 11) is 0. The molecule has 8 heteroatoms. The Kier molecular flexibility index (Phi) is 3.92. The van der Waals surface area contributed by atoms with E-state index in [0.717, 1.165) is 0 Å². The van der Waals surface area contributed by atoms with Crippen LogP contribution in [0.2, 0.25) is 5.02 Å². The molecule has 1 aromatic rings. The molecule has 0 aromatic heterocycles. The molecule has 3 aliphatic heterocycles. The second-order valence-electron chi connectivity index (χ2n) is 6.13. The maximum absolute atomic E-state index is 12.7. The number of nitrogens with zero attached hydrogens (tertiary/aromatic N) is 3. The van der Waals surface area contributed by atoms with Crippen LogP contribution in [0.4, 0.5) is 0 Å². The van der Waals surface area contributed by atoms with Crippen LogP contribution in [0.1, 0.15) is 10.4 Å². The van der Waals surface area contributed by atoms with Crippen LogP contribution in [0.25, 0.3) is 0 Å². The van der Waals surface area contributed by atoms with Crippen LogP contribution in [0.5, 0.6) is 0 Å². The lowest BCUT2D eigenvalue weighted by Crippen LogP contribution is -2.69. The van der Waals surface area contributed by atoms with Gasteiger partial charge in [-0.25, -0.2) is 0 Å². The van der Waals surface area contributed by atoms with Gasteiger partial charge in [0.05, 0.1) is 12.4 Å². The highest BCUT2D eigenvalue weighted by Gasteiger charge is 2.50. The largest absolute Gasteiger partial charge is 0.334 e. The van der Waals surface area contributed by atoms with Crippen molar-refractivity contribution in [1.82, 2.24) is 14.7 Å². The molecule has 0 bridgehead atoms. The van der Waals surface area contributed by atoms with Gasteiger partial charge in [0.25, 0.3) is 5.91 Å². The number of piperazine rings is 2. The molecule has 3 amide bonds. The predicted molar refractivity (Wildman–Crippen MR) is 90.8 cm³/mol. The summed E-state index contributed by atoms with van der Waals surface area (Å²) in [6.07, 6.45) is 0. The molecule has 0 spiro atoms. The minimum atomic E-state index is -0.565. The topological polar surface area (TPSA) is 60.9 Å². The van der Waals surface area contributed by atoms with Gasteiger partial charge in [0.15, 0.2) is 0 Å². The first-order valence-electron chi connectivity index (χ1n) is 7.80. The standard InChI is InChI=1S/C16H16ClN3O3S/c17-11-3-1-2-10(6-11)14(21)18-4-5-19-12(7-18)15(22)20-9-24-8-13(20)16(19)23/h1-3,6,12-13H,4-5,7-9H2/t12-,13+/m1/s1. The highest BCUT2D eigenvalue weighted by molar-refractivity contribution is 7.99. The SMILES string of the molecule is O=C(c1cccc(Cl)c1)N1CCN2C(=O)[C@@H]3CSCN3C(=O)[C@H]2C1. The van der Waals surface area contributed by atoms with Gasteiger partial charge in [-0.1, -0.05) is 17.7 Å². The molecule has 6 nitrogen and oxygen atoms in total. The smallest absolute Gasteiger partial charge is 0.254 e. The summed E-state index contributed by atoms with van der Waals surface area (Å²) in [5.74, 6) is 1.03. The number of benzene rings is 1. The van der Waals surface area contributed by atoms with Gasteiger partial charge in [-0.3, -0.25) is 14.4 Å². The number of rotatable bonds is 1. The summed E-state index contributed by atoms with van der Waals surface area (Å²) in [5.41, 5.74) is 0.500. The maximum atomic E-state index is 12.7. The predicted octanol–water partition coefficient (Wildman–Crippen LogP) is 0.908. The molecule has 3 fully saturated rings. The first-order valence-corrected chi connectivity index (χ1v) is 9.33. The van der Waals surface area contributed by atoms with Crippen molar-refractivity contribution in [2.75, 3.05) is 31.3 Å². The zero-order chi connectivity index (χ0) is 16.8. The number of halogens is 1.